The number of carbonyl (C=O) groups excluding carboxylic acids is 3. The Morgan fingerprint density at radius 1 is 1.30 bits per heavy atom. The van der Waals surface area contributed by atoms with Crippen LogP contribution in [0.4, 0.5) is 4.79 Å². The van der Waals surface area contributed by atoms with Gasteiger partial charge in [-0.2, -0.15) is 0 Å². The maximum Gasteiger partial charge on any atom is 0.326 e. The number of benzene rings is 1. The van der Waals surface area contributed by atoms with E-state index in [4.69, 9.17) is 9.15 Å². The third kappa shape index (κ3) is 3.69. The number of nitrogens with one attached hydrogen (secondary N) is 1. The number of esters is 1. The van der Waals surface area contributed by atoms with Crippen LogP contribution in [0.15, 0.2) is 34.7 Å². The lowest BCUT2D eigenvalue weighted by atomic mass is 9.99. The summed E-state index contributed by atoms with van der Waals surface area (Å²) < 4.78 is 10.8. The van der Waals surface area contributed by atoms with Crippen molar-refractivity contribution >= 4 is 17.9 Å². The van der Waals surface area contributed by atoms with Crippen LogP contribution < -0.4 is 5.32 Å². The molecule has 1 aliphatic heterocycles. The second kappa shape index (κ2) is 7.22. The topological polar surface area (TPSA) is 102 Å². The number of imide groups is 1. The normalized spacial score (nSPS) is 19.3. The summed E-state index contributed by atoms with van der Waals surface area (Å²) in [5.41, 5.74) is 0.319. The van der Waals surface area contributed by atoms with Crippen molar-refractivity contribution in [2.24, 2.45) is 0 Å². The minimum absolute atomic E-state index is 0.101. The number of aromatic nitrogens is 1. The van der Waals surface area contributed by atoms with E-state index < -0.39 is 30.0 Å². The molecular formula is C19H21N3O5. The van der Waals surface area contributed by atoms with Gasteiger partial charge in [0.05, 0.1) is 0 Å². The van der Waals surface area contributed by atoms with Gasteiger partial charge in [-0.25, -0.2) is 9.78 Å². The van der Waals surface area contributed by atoms with Crippen LogP contribution in [0.5, 0.6) is 0 Å². The minimum Gasteiger partial charge on any atom is -0.458 e. The third-order valence-corrected chi connectivity index (χ3v) is 4.62. The van der Waals surface area contributed by atoms with Crippen molar-refractivity contribution in [3.8, 4) is 11.5 Å². The Bertz CT molecular complexity index is 877. The summed E-state index contributed by atoms with van der Waals surface area (Å²) in [7, 11) is 0. The highest BCUT2D eigenvalue weighted by Crippen LogP contribution is 2.23. The number of amides is 3. The summed E-state index contributed by atoms with van der Waals surface area (Å²) in [5.74, 6) is -0.152. The van der Waals surface area contributed by atoms with Crippen molar-refractivity contribution in [1.82, 2.24) is 15.2 Å². The number of hydrogen-bond donors (Lipinski definition) is 1. The number of carbonyl (C=O) groups is 3. The Balaban J connectivity index is 1.61. The van der Waals surface area contributed by atoms with Crippen molar-refractivity contribution in [3.63, 3.8) is 0 Å². The Morgan fingerprint density at radius 3 is 2.63 bits per heavy atom. The quantitative estimate of drug-likeness (QED) is 0.618. The summed E-state index contributed by atoms with van der Waals surface area (Å²) in [5, 5.41) is 2.59. The molecule has 1 saturated heterocycles. The molecule has 1 aromatic heterocycles. The molecule has 1 unspecified atom stereocenters. The van der Waals surface area contributed by atoms with Crippen molar-refractivity contribution in [2.45, 2.75) is 39.3 Å². The van der Waals surface area contributed by atoms with E-state index in [-0.39, 0.29) is 6.61 Å². The summed E-state index contributed by atoms with van der Waals surface area (Å²) in [4.78, 5) is 41.6. The van der Waals surface area contributed by atoms with E-state index in [1.165, 1.54) is 0 Å². The molecule has 8 heteroatoms. The Morgan fingerprint density at radius 2 is 2.00 bits per heavy atom. The molecule has 27 heavy (non-hydrogen) atoms. The zero-order chi connectivity index (χ0) is 19.6. The number of ether oxygens (including phenoxy) is 1. The number of rotatable bonds is 6. The van der Waals surface area contributed by atoms with Gasteiger partial charge in [0.1, 0.15) is 30.1 Å². The standard InChI is InChI=1S/C19H21N3O5/c1-4-19(3)17(24)22(18(25)21-19)10-15(23)26-11-14-12(2)27-16(20-14)13-8-6-5-7-9-13/h5-9H,4,10-11H2,1-3H3,(H,21,25). The number of aryl methyl sites for hydroxylation is 1. The van der Waals surface area contributed by atoms with Crippen LogP contribution in [0.3, 0.4) is 0 Å². The average molecular weight is 371 g/mol. The summed E-state index contributed by atoms with van der Waals surface area (Å²) in [6.07, 6.45) is 0.434. The van der Waals surface area contributed by atoms with Gasteiger partial charge in [0.2, 0.25) is 5.89 Å². The molecule has 0 spiro atoms. The molecule has 2 heterocycles. The van der Waals surface area contributed by atoms with Gasteiger partial charge >= 0.3 is 12.0 Å². The lowest BCUT2D eigenvalue weighted by Gasteiger charge is -2.18. The fourth-order valence-electron chi connectivity index (χ4n) is 2.72. The lowest BCUT2D eigenvalue weighted by molar-refractivity contribution is -0.148. The SMILES string of the molecule is CCC1(C)NC(=O)N(CC(=O)OCc2nc(-c3ccccc3)oc2C)C1=O. The smallest absolute Gasteiger partial charge is 0.326 e. The highest BCUT2D eigenvalue weighted by atomic mass is 16.5. The molecule has 3 amide bonds. The van der Waals surface area contributed by atoms with E-state index in [9.17, 15) is 14.4 Å². The van der Waals surface area contributed by atoms with Gasteiger partial charge in [-0.3, -0.25) is 14.5 Å². The van der Waals surface area contributed by atoms with E-state index in [2.05, 4.69) is 10.3 Å². The van der Waals surface area contributed by atoms with E-state index in [0.29, 0.717) is 23.8 Å². The van der Waals surface area contributed by atoms with Gasteiger partial charge in [-0.15, -0.1) is 0 Å². The van der Waals surface area contributed by atoms with Crippen LogP contribution in [-0.2, 0) is 20.9 Å². The van der Waals surface area contributed by atoms with Crippen molar-refractivity contribution in [3.05, 3.63) is 41.8 Å². The summed E-state index contributed by atoms with van der Waals surface area (Å²) in [6.45, 7) is 4.60. The number of urea groups is 1. The van der Waals surface area contributed by atoms with Crippen LogP contribution in [0.2, 0.25) is 0 Å². The molecule has 3 rings (SSSR count). The molecule has 1 aromatic carbocycles. The fraction of sp³-hybridized carbons (Fsp3) is 0.368. The Labute approximate surface area is 156 Å². The van der Waals surface area contributed by atoms with Crippen molar-refractivity contribution in [1.29, 1.82) is 0 Å². The molecule has 0 bridgehead atoms. The Kier molecular flexibility index (Phi) is 4.98. The second-order valence-corrected chi connectivity index (χ2v) is 6.56. The lowest BCUT2D eigenvalue weighted by Crippen LogP contribution is -2.43. The molecule has 1 fully saturated rings. The molecule has 1 aliphatic rings. The van der Waals surface area contributed by atoms with E-state index in [1.54, 1.807) is 20.8 Å². The van der Waals surface area contributed by atoms with Gasteiger partial charge in [0.15, 0.2) is 0 Å². The number of hydrogen-bond acceptors (Lipinski definition) is 6. The van der Waals surface area contributed by atoms with E-state index >= 15 is 0 Å². The number of oxazole rings is 1. The average Bonchev–Trinajstić information content (AvgIpc) is 3.14. The Hall–Kier alpha value is -3.16. The van der Waals surface area contributed by atoms with E-state index in [1.807, 2.05) is 30.3 Å². The molecule has 8 nitrogen and oxygen atoms in total. The molecular weight excluding hydrogens is 350 g/mol. The maximum absolute atomic E-state index is 12.3. The second-order valence-electron chi connectivity index (χ2n) is 6.56. The molecule has 2 aromatic rings. The van der Waals surface area contributed by atoms with Crippen LogP contribution in [0, 0.1) is 6.92 Å². The zero-order valence-electron chi connectivity index (χ0n) is 15.4. The van der Waals surface area contributed by atoms with Gasteiger partial charge in [0, 0.05) is 5.56 Å². The first-order chi connectivity index (χ1) is 12.8. The summed E-state index contributed by atoms with van der Waals surface area (Å²) in [6, 6.07) is 8.77. The van der Waals surface area contributed by atoms with Crippen molar-refractivity contribution in [2.75, 3.05) is 6.54 Å². The molecule has 1 N–H and O–H groups in total. The predicted octanol–water partition coefficient (Wildman–Crippen LogP) is 2.41. The van der Waals surface area contributed by atoms with Crippen LogP contribution in [0.1, 0.15) is 31.7 Å². The maximum atomic E-state index is 12.3. The first-order valence-corrected chi connectivity index (χ1v) is 8.65. The third-order valence-electron chi connectivity index (χ3n) is 4.62. The van der Waals surface area contributed by atoms with Crippen LogP contribution >= 0.6 is 0 Å². The number of nitrogens with zero attached hydrogens (tertiary/aromatic N) is 2. The zero-order valence-corrected chi connectivity index (χ0v) is 15.4. The van der Waals surface area contributed by atoms with Crippen LogP contribution in [0.25, 0.3) is 11.5 Å². The minimum atomic E-state index is -0.981. The predicted molar refractivity (Wildman–Crippen MR) is 95.4 cm³/mol. The first-order valence-electron chi connectivity index (χ1n) is 8.65. The molecule has 0 saturated carbocycles. The summed E-state index contributed by atoms with van der Waals surface area (Å²) >= 11 is 0. The van der Waals surface area contributed by atoms with Gasteiger partial charge < -0.3 is 14.5 Å². The molecule has 0 aliphatic carbocycles. The highest BCUT2D eigenvalue weighted by Gasteiger charge is 2.47. The molecule has 1 atom stereocenters. The molecule has 0 radical (unpaired) electrons. The largest absolute Gasteiger partial charge is 0.458 e. The fourth-order valence-corrected chi connectivity index (χ4v) is 2.72. The molecule has 142 valence electrons. The first kappa shape index (κ1) is 18.6. The van der Waals surface area contributed by atoms with Crippen LogP contribution in [-0.4, -0.2) is 39.9 Å². The van der Waals surface area contributed by atoms with Crippen molar-refractivity contribution < 1.29 is 23.5 Å². The van der Waals surface area contributed by atoms with Gasteiger partial charge in [-0.05, 0) is 32.4 Å². The van der Waals surface area contributed by atoms with Gasteiger partial charge in [0.25, 0.3) is 5.91 Å². The monoisotopic (exact) mass is 371 g/mol. The van der Waals surface area contributed by atoms with Gasteiger partial charge in [-0.1, -0.05) is 25.1 Å². The van der Waals surface area contributed by atoms with E-state index in [0.717, 1.165) is 10.5 Å². The highest BCUT2D eigenvalue weighted by molar-refractivity contribution is 6.08.